The third kappa shape index (κ3) is 5.50. The number of alkyl halides is 6. The van der Waals surface area contributed by atoms with Crippen molar-refractivity contribution in [2.45, 2.75) is 17.2 Å². The molecule has 0 aliphatic heterocycles. The van der Waals surface area contributed by atoms with Crippen molar-refractivity contribution in [1.29, 1.82) is 0 Å². The van der Waals surface area contributed by atoms with Crippen LogP contribution < -0.4 is 5.32 Å². The SMILES string of the molecule is O=[N+]([O-])C(=CNc1cc(C(F)(F)F)cc(C(F)(F)F)c1)S(=O)(=O)c1ccc(Br)cc1. The Hall–Kier alpha value is -2.61. The van der Waals surface area contributed by atoms with Gasteiger partial charge in [-0.15, -0.1) is 0 Å². The minimum atomic E-state index is -5.14. The van der Waals surface area contributed by atoms with Crippen LogP contribution in [0.15, 0.2) is 63.1 Å². The molecule has 0 bridgehead atoms. The number of anilines is 1. The maximum atomic E-state index is 12.9. The van der Waals surface area contributed by atoms with Gasteiger partial charge < -0.3 is 5.32 Å². The number of nitro groups is 1. The second-order valence-electron chi connectivity index (χ2n) is 5.64. The summed E-state index contributed by atoms with van der Waals surface area (Å²) in [5.74, 6) is 0. The first-order valence-electron chi connectivity index (χ1n) is 7.53. The van der Waals surface area contributed by atoms with Gasteiger partial charge in [-0.25, -0.2) is 8.42 Å². The van der Waals surface area contributed by atoms with Crippen molar-refractivity contribution in [3.8, 4) is 0 Å². The molecule has 0 aliphatic rings. The number of hydrogen-bond donors (Lipinski definition) is 1. The van der Waals surface area contributed by atoms with Crippen molar-refractivity contribution in [3.05, 3.63) is 79.4 Å². The normalized spacial score (nSPS) is 13.2. The van der Waals surface area contributed by atoms with Gasteiger partial charge in [-0.1, -0.05) is 15.9 Å². The van der Waals surface area contributed by atoms with E-state index in [4.69, 9.17) is 0 Å². The van der Waals surface area contributed by atoms with E-state index in [2.05, 4.69) is 15.9 Å². The Morgan fingerprint density at radius 2 is 1.43 bits per heavy atom. The molecular weight excluding hydrogens is 510 g/mol. The number of hydrogen-bond acceptors (Lipinski definition) is 5. The molecule has 0 aliphatic carbocycles. The summed E-state index contributed by atoms with van der Waals surface area (Å²) in [6, 6.07) is 5.00. The monoisotopic (exact) mass is 518 g/mol. The van der Waals surface area contributed by atoms with E-state index in [9.17, 15) is 44.9 Å². The minimum absolute atomic E-state index is 0.137. The Kier molecular flexibility index (Phi) is 6.51. The maximum Gasteiger partial charge on any atom is 0.416 e. The lowest BCUT2D eigenvalue weighted by Crippen LogP contribution is -2.15. The van der Waals surface area contributed by atoms with E-state index in [1.807, 2.05) is 5.32 Å². The van der Waals surface area contributed by atoms with Crippen molar-refractivity contribution in [2.75, 3.05) is 5.32 Å². The smallest absolute Gasteiger partial charge is 0.355 e. The van der Waals surface area contributed by atoms with Crippen molar-refractivity contribution in [2.24, 2.45) is 0 Å². The van der Waals surface area contributed by atoms with Gasteiger partial charge in [-0.05, 0) is 42.5 Å². The summed E-state index contributed by atoms with van der Waals surface area (Å²) in [4.78, 5) is 9.37. The van der Waals surface area contributed by atoms with Crippen molar-refractivity contribution in [3.63, 3.8) is 0 Å². The van der Waals surface area contributed by atoms with Crippen molar-refractivity contribution in [1.82, 2.24) is 0 Å². The molecular formula is C16H9BrF6N2O4S. The summed E-state index contributed by atoms with van der Waals surface area (Å²) >= 11 is 3.05. The number of benzene rings is 2. The van der Waals surface area contributed by atoms with E-state index in [0.717, 1.165) is 12.1 Å². The molecule has 0 atom stereocenters. The van der Waals surface area contributed by atoms with Crippen LogP contribution in [-0.2, 0) is 22.2 Å². The van der Waals surface area contributed by atoms with E-state index >= 15 is 0 Å². The highest BCUT2D eigenvalue weighted by Crippen LogP contribution is 2.37. The molecule has 0 amide bonds. The van der Waals surface area contributed by atoms with Crippen molar-refractivity contribution >= 4 is 31.5 Å². The lowest BCUT2D eigenvalue weighted by Gasteiger charge is -2.14. The van der Waals surface area contributed by atoms with Crippen LogP contribution in [0.1, 0.15) is 11.1 Å². The summed E-state index contributed by atoms with van der Waals surface area (Å²) in [5.41, 5.74) is -4.19. The quantitative estimate of drug-likeness (QED) is 0.323. The molecule has 0 fully saturated rings. The third-order valence-corrected chi connectivity index (χ3v) is 5.77. The molecule has 2 rings (SSSR count). The molecule has 162 valence electrons. The zero-order valence-corrected chi connectivity index (χ0v) is 16.7. The van der Waals surface area contributed by atoms with Crippen LogP contribution in [0.3, 0.4) is 0 Å². The van der Waals surface area contributed by atoms with Gasteiger partial charge in [0.1, 0.15) is 0 Å². The summed E-state index contributed by atoms with van der Waals surface area (Å²) in [6.07, 6.45) is -10.1. The summed E-state index contributed by atoms with van der Waals surface area (Å²) in [5, 5.41) is 11.6. The number of nitrogens with zero attached hydrogens (tertiary/aromatic N) is 1. The van der Waals surface area contributed by atoms with Crippen LogP contribution >= 0.6 is 15.9 Å². The largest absolute Gasteiger partial charge is 0.416 e. The molecule has 0 saturated carbocycles. The highest BCUT2D eigenvalue weighted by atomic mass is 79.9. The Morgan fingerprint density at radius 3 is 1.83 bits per heavy atom. The molecule has 6 nitrogen and oxygen atoms in total. The zero-order chi connectivity index (χ0) is 22.9. The molecule has 0 aromatic heterocycles. The Morgan fingerprint density at radius 1 is 0.967 bits per heavy atom. The van der Waals surface area contributed by atoms with Gasteiger partial charge in [0.2, 0.25) is 0 Å². The average molecular weight is 519 g/mol. The fraction of sp³-hybridized carbons (Fsp3) is 0.125. The minimum Gasteiger partial charge on any atom is -0.355 e. The molecule has 0 unspecified atom stereocenters. The number of sulfone groups is 1. The molecule has 1 N–H and O–H groups in total. The predicted octanol–water partition coefficient (Wildman–Crippen LogP) is 5.45. The Bertz CT molecular complexity index is 1060. The molecule has 2 aromatic carbocycles. The third-order valence-electron chi connectivity index (χ3n) is 3.53. The molecule has 0 radical (unpaired) electrons. The molecule has 0 heterocycles. The molecule has 14 heteroatoms. The first-order valence-corrected chi connectivity index (χ1v) is 9.81. The first-order chi connectivity index (χ1) is 13.6. The van der Waals surface area contributed by atoms with Crippen LogP contribution in [-0.4, -0.2) is 13.3 Å². The Balaban J connectivity index is 2.53. The van der Waals surface area contributed by atoms with Gasteiger partial charge in [0.05, 0.1) is 27.1 Å². The lowest BCUT2D eigenvalue weighted by atomic mass is 10.1. The number of rotatable bonds is 5. The summed E-state index contributed by atoms with van der Waals surface area (Å²) in [6.45, 7) is 0. The number of nitrogens with one attached hydrogen (secondary N) is 1. The topological polar surface area (TPSA) is 89.3 Å². The van der Waals surface area contributed by atoms with E-state index in [0.29, 0.717) is 4.47 Å². The highest BCUT2D eigenvalue weighted by molar-refractivity contribution is 9.10. The predicted molar refractivity (Wildman–Crippen MR) is 96.5 cm³/mol. The maximum absolute atomic E-state index is 12.9. The van der Waals surface area contributed by atoms with Gasteiger partial charge in [0, 0.05) is 10.2 Å². The molecule has 0 spiro atoms. The number of halogens is 7. The van der Waals surface area contributed by atoms with Gasteiger partial charge in [0.25, 0.3) is 9.84 Å². The fourth-order valence-corrected chi connectivity index (χ4v) is 3.56. The highest BCUT2D eigenvalue weighted by Gasteiger charge is 2.37. The molecule has 2 aromatic rings. The van der Waals surface area contributed by atoms with Crippen LogP contribution in [0.2, 0.25) is 0 Å². The lowest BCUT2D eigenvalue weighted by molar-refractivity contribution is -0.411. The van der Waals surface area contributed by atoms with Crippen LogP contribution in [0.4, 0.5) is 32.0 Å². The molecule has 30 heavy (non-hydrogen) atoms. The second-order valence-corrected chi connectivity index (χ2v) is 8.45. The van der Waals surface area contributed by atoms with Crippen LogP contribution in [0.25, 0.3) is 0 Å². The molecule has 0 saturated heterocycles. The van der Waals surface area contributed by atoms with E-state index in [-0.39, 0.29) is 24.4 Å². The fourth-order valence-electron chi connectivity index (χ4n) is 2.15. The van der Waals surface area contributed by atoms with Gasteiger partial charge in [-0.3, -0.25) is 10.1 Å². The van der Waals surface area contributed by atoms with Gasteiger partial charge in [0.15, 0.2) is 0 Å². The summed E-state index contributed by atoms with van der Waals surface area (Å²) in [7, 11) is -4.73. The van der Waals surface area contributed by atoms with Crippen molar-refractivity contribution < 1.29 is 39.7 Å². The summed E-state index contributed by atoms with van der Waals surface area (Å²) < 4.78 is 103. The zero-order valence-electron chi connectivity index (χ0n) is 14.3. The van der Waals surface area contributed by atoms with Crippen LogP contribution in [0, 0.1) is 10.1 Å². The standard InChI is InChI=1S/C16H9BrF6N2O4S/c17-11-1-3-13(4-2-11)30(28,29)14(25(26)27)8-24-12-6-9(15(18,19)20)5-10(7-12)16(21,22)23/h1-8,24H. The van der Waals surface area contributed by atoms with Gasteiger partial charge >= 0.3 is 17.4 Å². The second kappa shape index (κ2) is 8.26. The Labute approximate surface area is 173 Å². The van der Waals surface area contributed by atoms with E-state index in [1.54, 1.807) is 0 Å². The average Bonchev–Trinajstić information content (AvgIpc) is 2.60. The van der Waals surface area contributed by atoms with Crippen LogP contribution in [0.5, 0.6) is 0 Å². The van der Waals surface area contributed by atoms with Gasteiger partial charge in [-0.2, -0.15) is 26.3 Å². The van der Waals surface area contributed by atoms with E-state index in [1.165, 1.54) is 12.1 Å². The van der Waals surface area contributed by atoms with E-state index < -0.39 is 53.9 Å². The first kappa shape index (κ1) is 23.7.